The van der Waals surface area contributed by atoms with Gasteiger partial charge in [-0.15, -0.1) is 0 Å². The van der Waals surface area contributed by atoms with Crippen molar-refractivity contribution in [1.29, 1.82) is 0 Å². The lowest BCUT2D eigenvalue weighted by molar-refractivity contribution is -0.149. The molecule has 0 saturated heterocycles. The van der Waals surface area contributed by atoms with Crippen LogP contribution in [-0.2, 0) is 14.9 Å². The van der Waals surface area contributed by atoms with E-state index in [1.807, 2.05) is 0 Å². The number of halogens is 2. The number of aromatic nitrogens is 3. The zero-order valence-corrected chi connectivity index (χ0v) is 17.6. The molecule has 3 aromatic rings. The van der Waals surface area contributed by atoms with Crippen LogP contribution < -0.4 is 0 Å². The maximum Gasteiger partial charge on any atom is 0.319 e. The minimum atomic E-state index is -1.00. The minimum absolute atomic E-state index is 0.204. The molecule has 1 fully saturated rings. The molecular weight excluding hydrogens is 404 g/mol. The van der Waals surface area contributed by atoms with E-state index in [2.05, 4.69) is 10.1 Å². The Kier molecular flexibility index (Phi) is 4.50. The topological polar surface area (TPSA) is 70.2 Å². The fourth-order valence-corrected chi connectivity index (χ4v) is 4.81. The first-order valence-corrected chi connectivity index (χ1v) is 10.5. The van der Waals surface area contributed by atoms with E-state index in [1.165, 1.54) is 18.3 Å². The number of nitrogens with zero attached hydrogens (tertiary/aromatic N) is 3. The summed E-state index contributed by atoms with van der Waals surface area (Å²) in [5.74, 6) is -0.461. The van der Waals surface area contributed by atoms with Crippen LogP contribution in [0.2, 0.25) is 0 Å². The number of hydrogen-bond donors (Lipinski definition) is 0. The number of fused-ring (bicyclic) bond motifs is 5. The number of oxazole rings is 1. The molecule has 0 aliphatic heterocycles. The second-order valence-electron chi connectivity index (χ2n) is 8.74. The molecule has 2 atom stereocenters. The van der Waals surface area contributed by atoms with Crippen LogP contribution in [0.1, 0.15) is 68.9 Å². The lowest BCUT2D eigenvalue weighted by atomic mass is 9.91. The second-order valence-corrected chi connectivity index (χ2v) is 8.74. The van der Waals surface area contributed by atoms with Crippen LogP contribution in [0.15, 0.2) is 28.8 Å². The maximum absolute atomic E-state index is 14.6. The van der Waals surface area contributed by atoms with Gasteiger partial charge < -0.3 is 9.15 Å². The van der Waals surface area contributed by atoms with E-state index < -0.39 is 23.0 Å². The molecule has 2 aliphatic rings. The number of hydrogen-bond acceptors (Lipinski definition) is 5. The van der Waals surface area contributed by atoms with Crippen molar-refractivity contribution in [3.8, 4) is 17.3 Å². The third-order valence-electron chi connectivity index (χ3n) is 6.43. The van der Waals surface area contributed by atoms with E-state index in [1.54, 1.807) is 25.5 Å². The number of rotatable bonds is 5. The molecule has 2 heterocycles. The van der Waals surface area contributed by atoms with Crippen LogP contribution in [0, 0.1) is 11.6 Å². The Morgan fingerprint density at radius 1 is 1.29 bits per heavy atom. The molecule has 5 rings (SSSR count). The van der Waals surface area contributed by atoms with Gasteiger partial charge in [-0.3, -0.25) is 4.79 Å². The highest BCUT2D eigenvalue weighted by atomic mass is 19.1. The Hall–Kier alpha value is -3.03. The van der Waals surface area contributed by atoms with Crippen LogP contribution in [-0.4, -0.2) is 27.3 Å². The maximum atomic E-state index is 14.6. The summed E-state index contributed by atoms with van der Waals surface area (Å²) in [5, 5.41) is 4.66. The fourth-order valence-electron chi connectivity index (χ4n) is 4.81. The third-order valence-corrected chi connectivity index (χ3v) is 6.43. The highest BCUT2D eigenvalue weighted by Gasteiger charge is 2.44. The van der Waals surface area contributed by atoms with Crippen molar-refractivity contribution in [3.63, 3.8) is 0 Å². The number of esters is 1. The monoisotopic (exact) mass is 427 g/mol. The average molecular weight is 427 g/mol. The highest BCUT2D eigenvalue weighted by Crippen LogP contribution is 2.56. The van der Waals surface area contributed by atoms with Gasteiger partial charge >= 0.3 is 5.97 Å². The van der Waals surface area contributed by atoms with Crippen LogP contribution in [0.3, 0.4) is 0 Å². The van der Waals surface area contributed by atoms with Gasteiger partial charge in [0.1, 0.15) is 22.7 Å². The van der Waals surface area contributed by atoms with Gasteiger partial charge in [0.25, 0.3) is 0 Å². The molecule has 8 heteroatoms. The number of carbonyl (C=O) groups is 1. The number of carbonyl (C=O) groups excluding carboxylic acids is 1. The Morgan fingerprint density at radius 3 is 2.81 bits per heavy atom. The first kappa shape index (κ1) is 19.9. The average Bonchev–Trinajstić information content (AvgIpc) is 3.49. The van der Waals surface area contributed by atoms with Crippen LogP contribution in [0.25, 0.3) is 17.3 Å². The third kappa shape index (κ3) is 2.99. The van der Waals surface area contributed by atoms with Crippen molar-refractivity contribution < 1.29 is 22.7 Å². The van der Waals surface area contributed by atoms with Crippen LogP contribution in [0.5, 0.6) is 0 Å². The summed E-state index contributed by atoms with van der Waals surface area (Å²) in [6, 6.07) is 3.49. The van der Waals surface area contributed by atoms with E-state index in [-0.39, 0.29) is 24.1 Å². The van der Waals surface area contributed by atoms with Gasteiger partial charge in [0.15, 0.2) is 11.5 Å². The normalized spacial score (nSPS) is 19.6. The summed E-state index contributed by atoms with van der Waals surface area (Å²) in [4.78, 5) is 16.8. The molecule has 0 spiro atoms. The van der Waals surface area contributed by atoms with E-state index in [0.717, 1.165) is 36.6 Å². The van der Waals surface area contributed by atoms with Crippen molar-refractivity contribution >= 4 is 5.97 Å². The predicted octanol–water partition coefficient (Wildman–Crippen LogP) is 5.01. The Morgan fingerprint density at radius 2 is 2.06 bits per heavy atom. The zero-order chi connectivity index (χ0) is 21.9. The number of ether oxygens (including phenoxy) is 1. The minimum Gasteiger partial charge on any atom is -0.465 e. The van der Waals surface area contributed by atoms with Crippen molar-refractivity contribution in [3.05, 3.63) is 53.0 Å². The molecule has 31 heavy (non-hydrogen) atoms. The molecule has 0 radical (unpaired) electrons. The van der Waals surface area contributed by atoms with E-state index >= 15 is 0 Å². The summed E-state index contributed by atoms with van der Waals surface area (Å²) in [5.41, 5.74) is 1.71. The molecule has 0 N–H and O–H groups in total. The molecular formula is C23H23F2N3O3. The van der Waals surface area contributed by atoms with Crippen molar-refractivity contribution in [2.45, 2.75) is 57.3 Å². The Bertz CT molecular complexity index is 1180. The van der Waals surface area contributed by atoms with Crippen molar-refractivity contribution in [1.82, 2.24) is 14.8 Å². The van der Waals surface area contributed by atoms with Gasteiger partial charge in [-0.05, 0) is 58.1 Å². The summed E-state index contributed by atoms with van der Waals surface area (Å²) >= 11 is 0. The van der Waals surface area contributed by atoms with Crippen LogP contribution >= 0.6 is 0 Å². The van der Waals surface area contributed by atoms with Gasteiger partial charge in [-0.25, -0.2) is 18.4 Å². The van der Waals surface area contributed by atoms with E-state index in [0.29, 0.717) is 17.4 Å². The molecule has 2 unspecified atom stereocenters. The smallest absolute Gasteiger partial charge is 0.319 e. The summed E-state index contributed by atoms with van der Waals surface area (Å²) in [7, 11) is 0. The van der Waals surface area contributed by atoms with Gasteiger partial charge in [0.2, 0.25) is 5.89 Å². The Labute approximate surface area is 178 Å². The van der Waals surface area contributed by atoms with Crippen molar-refractivity contribution in [2.24, 2.45) is 0 Å². The van der Waals surface area contributed by atoms with E-state index in [4.69, 9.17) is 9.15 Å². The van der Waals surface area contributed by atoms with Gasteiger partial charge in [-0.1, -0.05) is 0 Å². The molecule has 6 nitrogen and oxygen atoms in total. The lowest BCUT2D eigenvalue weighted by Crippen LogP contribution is -2.30. The lowest BCUT2D eigenvalue weighted by Gasteiger charge is -2.18. The molecule has 1 aromatic carbocycles. The second kappa shape index (κ2) is 7.00. The molecule has 2 aliphatic carbocycles. The zero-order valence-electron chi connectivity index (χ0n) is 17.6. The Balaban J connectivity index is 1.62. The number of benzene rings is 1. The van der Waals surface area contributed by atoms with Gasteiger partial charge in [0, 0.05) is 17.5 Å². The first-order valence-electron chi connectivity index (χ1n) is 10.5. The van der Waals surface area contributed by atoms with E-state index in [9.17, 15) is 13.6 Å². The predicted molar refractivity (Wildman–Crippen MR) is 108 cm³/mol. The summed E-state index contributed by atoms with van der Waals surface area (Å²) in [6.45, 7) is 5.45. The molecule has 1 saturated carbocycles. The SMILES string of the molecule is CCOC(=O)C(C)(C)c1cnc(-c2nn(-c3ccc(F)cc3F)c3c2C2CCC3C2)o1. The summed E-state index contributed by atoms with van der Waals surface area (Å²) < 4.78 is 40.8. The molecule has 0 amide bonds. The first-order chi connectivity index (χ1) is 14.8. The summed E-state index contributed by atoms with van der Waals surface area (Å²) in [6.07, 6.45) is 4.54. The highest BCUT2D eigenvalue weighted by molar-refractivity contribution is 5.81. The standard InChI is InChI=1S/C23H23F2N3O3/c1-4-30-22(29)23(2,3)17-11-26-21(31-17)19-18-12-5-6-13(9-12)20(18)28(27-19)16-8-7-14(24)10-15(16)25/h7-8,10-13H,4-6,9H2,1-3H3. The van der Waals surface area contributed by atoms with Crippen LogP contribution in [0.4, 0.5) is 8.78 Å². The van der Waals surface area contributed by atoms with Gasteiger partial charge in [-0.2, -0.15) is 5.10 Å². The molecule has 162 valence electrons. The van der Waals surface area contributed by atoms with Crippen molar-refractivity contribution in [2.75, 3.05) is 6.61 Å². The van der Waals surface area contributed by atoms with Gasteiger partial charge in [0.05, 0.1) is 18.5 Å². The largest absolute Gasteiger partial charge is 0.465 e. The molecule has 2 aromatic heterocycles. The quantitative estimate of drug-likeness (QED) is 0.535. The molecule has 2 bridgehead atoms. The fraction of sp³-hybridized carbons (Fsp3) is 0.435.